The predicted octanol–water partition coefficient (Wildman–Crippen LogP) is 3.65. The van der Waals surface area contributed by atoms with Crippen molar-refractivity contribution in [3.05, 3.63) is 0 Å². The highest BCUT2D eigenvalue weighted by Gasteiger charge is 2.49. The molecule has 3 nitrogen and oxygen atoms in total. The summed E-state index contributed by atoms with van der Waals surface area (Å²) in [5.41, 5.74) is 0. The van der Waals surface area contributed by atoms with Gasteiger partial charge >= 0.3 is 6.18 Å². The van der Waals surface area contributed by atoms with Crippen molar-refractivity contribution in [2.75, 3.05) is 6.54 Å². The first-order valence-corrected chi connectivity index (χ1v) is 7.69. The first kappa shape index (κ1) is 16.1. The number of amides is 1. The molecule has 0 heterocycles. The Hall–Kier alpha value is -1.25. The summed E-state index contributed by atoms with van der Waals surface area (Å²) in [6.07, 6.45) is 0.745. The lowest BCUT2D eigenvalue weighted by molar-refractivity contribution is -0.201. The molecule has 0 radical (unpaired) electrons. The molecule has 2 unspecified atom stereocenters. The molecule has 0 N–H and O–H groups in total. The highest BCUT2D eigenvalue weighted by Crippen LogP contribution is 2.42. The van der Waals surface area contributed by atoms with Gasteiger partial charge in [0, 0.05) is 12.0 Å². The quantitative estimate of drug-likeness (QED) is 0.747. The molecule has 1 amide bonds. The Balaban J connectivity index is 2.15. The topological polar surface area (TPSA) is 44.1 Å². The van der Waals surface area contributed by atoms with E-state index >= 15 is 0 Å². The van der Waals surface area contributed by atoms with E-state index in [1.54, 1.807) is 0 Å². The van der Waals surface area contributed by atoms with E-state index < -0.39 is 23.9 Å². The summed E-state index contributed by atoms with van der Waals surface area (Å²) >= 11 is 0. The van der Waals surface area contributed by atoms with Crippen LogP contribution in [-0.2, 0) is 4.79 Å². The molecular formula is C15H21F3N2O. The summed E-state index contributed by atoms with van der Waals surface area (Å²) in [5.74, 6) is -2.99. The minimum absolute atomic E-state index is 0.0327. The molecule has 2 atom stereocenters. The van der Waals surface area contributed by atoms with Crippen molar-refractivity contribution in [1.82, 2.24) is 4.90 Å². The molecule has 21 heavy (non-hydrogen) atoms. The Morgan fingerprint density at radius 2 is 1.67 bits per heavy atom. The summed E-state index contributed by atoms with van der Waals surface area (Å²) in [5, 5.41) is 8.90. The SMILES string of the molecule is N#CCN(C(=O)C1CCCCC1C(F)(F)F)C1CCCC1. The van der Waals surface area contributed by atoms with Crippen molar-refractivity contribution < 1.29 is 18.0 Å². The standard InChI is InChI=1S/C15H21F3N2O/c16-15(17,18)13-8-4-3-7-12(13)14(21)20(10-9-19)11-5-1-2-6-11/h11-13H,1-8,10H2. The largest absolute Gasteiger partial charge is 0.392 e. The van der Waals surface area contributed by atoms with E-state index in [1.807, 2.05) is 6.07 Å². The van der Waals surface area contributed by atoms with Crippen molar-refractivity contribution in [2.45, 2.75) is 63.6 Å². The first-order chi connectivity index (χ1) is 9.95. The fraction of sp³-hybridized carbons (Fsp3) is 0.867. The highest BCUT2D eigenvalue weighted by molar-refractivity contribution is 5.80. The van der Waals surface area contributed by atoms with Gasteiger partial charge in [0.1, 0.15) is 6.54 Å². The third-order valence-corrected chi connectivity index (χ3v) is 4.79. The molecular weight excluding hydrogens is 281 g/mol. The Bertz CT molecular complexity index is 410. The number of carbonyl (C=O) groups excluding carboxylic acids is 1. The van der Waals surface area contributed by atoms with E-state index in [0.717, 1.165) is 25.7 Å². The third kappa shape index (κ3) is 3.69. The van der Waals surface area contributed by atoms with Crippen LogP contribution in [-0.4, -0.2) is 29.6 Å². The normalized spacial score (nSPS) is 27.3. The van der Waals surface area contributed by atoms with Crippen LogP contribution in [0, 0.1) is 23.2 Å². The van der Waals surface area contributed by atoms with Gasteiger partial charge in [0.2, 0.25) is 5.91 Å². The fourth-order valence-corrected chi connectivity index (χ4v) is 3.71. The number of halogens is 3. The van der Waals surface area contributed by atoms with Crippen molar-refractivity contribution in [3.8, 4) is 6.07 Å². The van der Waals surface area contributed by atoms with Gasteiger partial charge in [-0.3, -0.25) is 4.79 Å². The number of nitrogens with zero attached hydrogens (tertiary/aromatic N) is 2. The lowest BCUT2D eigenvalue weighted by Gasteiger charge is -2.37. The molecule has 0 aromatic rings. The van der Waals surface area contributed by atoms with E-state index in [2.05, 4.69) is 0 Å². The second-order valence-corrected chi connectivity index (χ2v) is 6.10. The summed E-state index contributed by atoms with van der Waals surface area (Å²) in [6, 6.07) is 1.89. The highest BCUT2D eigenvalue weighted by atomic mass is 19.4. The van der Waals surface area contributed by atoms with Crippen LogP contribution in [0.3, 0.4) is 0 Å². The maximum atomic E-state index is 13.1. The smallest absolute Gasteiger partial charge is 0.326 e. The molecule has 0 spiro atoms. The fourth-order valence-electron chi connectivity index (χ4n) is 3.71. The van der Waals surface area contributed by atoms with Crippen LogP contribution >= 0.6 is 0 Å². The van der Waals surface area contributed by atoms with E-state index in [4.69, 9.17) is 5.26 Å². The number of carbonyl (C=O) groups is 1. The van der Waals surface area contributed by atoms with Gasteiger partial charge in [-0.15, -0.1) is 0 Å². The van der Waals surface area contributed by atoms with Gasteiger partial charge in [0.25, 0.3) is 0 Å². The molecule has 6 heteroatoms. The van der Waals surface area contributed by atoms with Crippen LogP contribution in [0.25, 0.3) is 0 Å². The van der Waals surface area contributed by atoms with Crippen LogP contribution in [0.5, 0.6) is 0 Å². The van der Waals surface area contributed by atoms with Crippen LogP contribution < -0.4 is 0 Å². The second kappa shape index (κ2) is 6.67. The average molecular weight is 302 g/mol. The number of rotatable bonds is 3. The molecule has 2 saturated carbocycles. The van der Waals surface area contributed by atoms with Crippen LogP contribution in [0.4, 0.5) is 13.2 Å². The number of hydrogen-bond donors (Lipinski definition) is 0. The number of hydrogen-bond acceptors (Lipinski definition) is 2. The van der Waals surface area contributed by atoms with Gasteiger partial charge in [0.05, 0.1) is 12.0 Å². The van der Waals surface area contributed by atoms with Crippen molar-refractivity contribution >= 4 is 5.91 Å². The van der Waals surface area contributed by atoms with E-state index in [9.17, 15) is 18.0 Å². The Labute approximate surface area is 123 Å². The monoisotopic (exact) mass is 302 g/mol. The molecule has 2 rings (SSSR count). The molecule has 0 aliphatic heterocycles. The Morgan fingerprint density at radius 3 is 2.24 bits per heavy atom. The van der Waals surface area contributed by atoms with E-state index in [-0.39, 0.29) is 25.4 Å². The maximum Gasteiger partial charge on any atom is 0.392 e. The molecule has 118 valence electrons. The summed E-state index contributed by atoms with van der Waals surface area (Å²) in [4.78, 5) is 14.0. The average Bonchev–Trinajstić information content (AvgIpc) is 2.97. The lowest BCUT2D eigenvalue weighted by Crippen LogP contribution is -2.48. The van der Waals surface area contributed by atoms with Gasteiger partial charge in [-0.05, 0) is 25.7 Å². The van der Waals surface area contributed by atoms with Gasteiger partial charge < -0.3 is 4.90 Å². The van der Waals surface area contributed by atoms with Crippen molar-refractivity contribution in [2.24, 2.45) is 11.8 Å². The van der Waals surface area contributed by atoms with Crippen molar-refractivity contribution in [1.29, 1.82) is 5.26 Å². The van der Waals surface area contributed by atoms with Crippen LogP contribution in [0.2, 0.25) is 0 Å². The van der Waals surface area contributed by atoms with Gasteiger partial charge in [-0.1, -0.05) is 25.7 Å². The summed E-state index contributed by atoms with van der Waals surface area (Å²) in [7, 11) is 0. The first-order valence-electron chi connectivity index (χ1n) is 7.69. The second-order valence-electron chi connectivity index (χ2n) is 6.10. The van der Waals surface area contributed by atoms with E-state index in [1.165, 1.54) is 4.90 Å². The van der Waals surface area contributed by atoms with Gasteiger partial charge in [0.15, 0.2) is 0 Å². The zero-order valence-corrected chi connectivity index (χ0v) is 12.0. The molecule has 0 saturated heterocycles. The minimum atomic E-state index is -4.32. The number of alkyl halides is 3. The summed E-state index contributed by atoms with van der Waals surface area (Å²) in [6.45, 7) is -0.0927. The maximum absolute atomic E-state index is 13.1. The van der Waals surface area contributed by atoms with Crippen LogP contribution in [0.1, 0.15) is 51.4 Å². The van der Waals surface area contributed by atoms with Crippen LogP contribution in [0.15, 0.2) is 0 Å². The zero-order chi connectivity index (χ0) is 15.5. The van der Waals surface area contributed by atoms with Gasteiger partial charge in [-0.25, -0.2) is 0 Å². The lowest BCUT2D eigenvalue weighted by atomic mass is 9.77. The zero-order valence-electron chi connectivity index (χ0n) is 12.0. The molecule has 0 aromatic heterocycles. The predicted molar refractivity (Wildman–Crippen MR) is 71.1 cm³/mol. The molecule has 0 aromatic carbocycles. The number of nitriles is 1. The molecule has 0 bridgehead atoms. The van der Waals surface area contributed by atoms with Gasteiger partial charge in [-0.2, -0.15) is 18.4 Å². The minimum Gasteiger partial charge on any atom is -0.326 e. The molecule has 2 aliphatic carbocycles. The molecule has 2 fully saturated rings. The Kier molecular flexibility index (Phi) is 5.13. The Morgan fingerprint density at radius 1 is 1.10 bits per heavy atom. The third-order valence-electron chi connectivity index (χ3n) is 4.79. The summed E-state index contributed by atoms with van der Waals surface area (Å²) < 4.78 is 39.4. The molecule has 2 aliphatic rings. The van der Waals surface area contributed by atoms with E-state index in [0.29, 0.717) is 12.8 Å². The van der Waals surface area contributed by atoms with Crippen molar-refractivity contribution in [3.63, 3.8) is 0 Å².